The molecule has 25 heavy (non-hydrogen) atoms. The number of amides is 2. The molecule has 0 unspecified atom stereocenters. The summed E-state index contributed by atoms with van der Waals surface area (Å²) in [5, 5.41) is 8.75. The van der Waals surface area contributed by atoms with E-state index >= 15 is 0 Å². The second kappa shape index (κ2) is 10.1. The molecule has 2 rings (SSSR count). The molecule has 0 aliphatic carbocycles. The van der Waals surface area contributed by atoms with Crippen molar-refractivity contribution in [3.63, 3.8) is 0 Å². The summed E-state index contributed by atoms with van der Waals surface area (Å²) in [4.78, 5) is 23.9. The van der Waals surface area contributed by atoms with E-state index in [0.29, 0.717) is 17.8 Å². The molecule has 5 heteroatoms. The zero-order chi connectivity index (χ0) is 17.9. The molecule has 5 nitrogen and oxygen atoms in total. The standard InChI is InChI=1S/C20H25N3O2/c1-2-3-5-13-19(24)22-17-11-8-12-18(14-17)23-20(25)15-21-16-9-6-4-7-10-16/h4,6-12,14,21H,2-3,5,13,15H2,1H3,(H,22,24)(H,23,25). The first-order valence-electron chi connectivity index (χ1n) is 8.66. The van der Waals surface area contributed by atoms with Crippen LogP contribution >= 0.6 is 0 Å². The highest BCUT2D eigenvalue weighted by Gasteiger charge is 2.05. The number of carbonyl (C=O) groups excluding carboxylic acids is 2. The summed E-state index contributed by atoms with van der Waals surface area (Å²) in [6, 6.07) is 16.7. The maximum atomic E-state index is 12.0. The van der Waals surface area contributed by atoms with Crippen LogP contribution in [0, 0.1) is 0 Å². The normalized spacial score (nSPS) is 10.1. The molecular weight excluding hydrogens is 314 g/mol. The number of para-hydroxylation sites is 1. The maximum absolute atomic E-state index is 12.0. The first-order chi connectivity index (χ1) is 12.2. The predicted octanol–water partition coefficient (Wildman–Crippen LogP) is 4.26. The van der Waals surface area contributed by atoms with Crippen LogP contribution < -0.4 is 16.0 Å². The van der Waals surface area contributed by atoms with Gasteiger partial charge in [-0.3, -0.25) is 9.59 Å². The lowest BCUT2D eigenvalue weighted by molar-refractivity contribution is -0.116. The van der Waals surface area contributed by atoms with Gasteiger partial charge in [0.15, 0.2) is 0 Å². The Morgan fingerprint density at radius 3 is 2.12 bits per heavy atom. The molecule has 0 aliphatic rings. The smallest absolute Gasteiger partial charge is 0.243 e. The summed E-state index contributed by atoms with van der Waals surface area (Å²) in [6.45, 7) is 2.29. The van der Waals surface area contributed by atoms with E-state index in [1.807, 2.05) is 42.5 Å². The van der Waals surface area contributed by atoms with Gasteiger partial charge in [-0.1, -0.05) is 44.0 Å². The topological polar surface area (TPSA) is 70.2 Å². The minimum absolute atomic E-state index is 0.00247. The summed E-state index contributed by atoms with van der Waals surface area (Å²) in [6.07, 6.45) is 3.55. The Kier molecular flexibility index (Phi) is 7.50. The van der Waals surface area contributed by atoms with Gasteiger partial charge in [-0.15, -0.1) is 0 Å². The van der Waals surface area contributed by atoms with Gasteiger partial charge in [0.25, 0.3) is 0 Å². The summed E-state index contributed by atoms with van der Waals surface area (Å²) >= 11 is 0. The number of hydrogen-bond acceptors (Lipinski definition) is 3. The minimum Gasteiger partial charge on any atom is -0.376 e. The predicted molar refractivity (Wildman–Crippen MR) is 103 cm³/mol. The fourth-order valence-electron chi connectivity index (χ4n) is 2.38. The average molecular weight is 339 g/mol. The SMILES string of the molecule is CCCCCC(=O)Nc1cccc(NC(=O)CNc2ccccc2)c1. The summed E-state index contributed by atoms with van der Waals surface area (Å²) in [5.74, 6) is -0.141. The van der Waals surface area contributed by atoms with Crippen molar-refractivity contribution >= 4 is 28.9 Å². The number of carbonyl (C=O) groups is 2. The number of rotatable bonds is 9. The van der Waals surface area contributed by atoms with Crippen molar-refractivity contribution in [3.8, 4) is 0 Å². The number of nitrogens with one attached hydrogen (secondary N) is 3. The molecule has 2 aromatic rings. The zero-order valence-corrected chi connectivity index (χ0v) is 14.5. The van der Waals surface area contributed by atoms with Crippen LogP contribution in [0.25, 0.3) is 0 Å². The van der Waals surface area contributed by atoms with Crippen molar-refractivity contribution in [3.05, 3.63) is 54.6 Å². The van der Waals surface area contributed by atoms with Gasteiger partial charge in [0, 0.05) is 23.5 Å². The third-order valence-electron chi connectivity index (χ3n) is 3.66. The molecule has 3 N–H and O–H groups in total. The van der Waals surface area contributed by atoms with Crippen molar-refractivity contribution in [1.82, 2.24) is 0 Å². The molecule has 0 fully saturated rings. The Hall–Kier alpha value is -2.82. The van der Waals surface area contributed by atoms with Crippen LogP contribution in [-0.4, -0.2) is 18.4 Å². The van der Waals surface area contributed by atoms with Crippen LogP contribution in [-0.2, 0) is 9.59 Å². The van der Waals surface area contributed by atoms with Gasteiger partial charge in [0.2, 0.25) is 11.8 Å². The van der Waals surface area contributed by atoms with E-state index in [4.69, 9.17) is 0 Å². The second-order valence-electron chi connectivity index (χ2n) is 5.85. The van der Waals surface area contributed by atoms with Gasteiger partial charge in [-0.2, -0.15) is 0 Å². The van der Waals surface area contributed by atoms with Gasteiger partial charge in [-0.05, 0) is 36.8 Å². The van der Waals surface area contributed by atoms with E-state index in [9.17, 15) is 9.59 Å². The van der Waals surface area contributed by atoms with Crippen LogP contribution in [0.4, 0.5) is 17.1 Å². The largest absolute Gasteiger partial charge is 0.376 e. The molecule has 0 spiro atoms. The molecule has 2 amide bonds. The highest BCUT2D eigenvalue weighted by Crippen LogP contribution is 2.16. The van der Waals surface area contributed by atoms with Crippen LogP contribution in [0.1, 0.15) is 32.6 Å². The molecule has 0 saturated heterocycles. The molecule has 2 aromatic carbocycles. The first-order valence-corrected chi connectivity index (χ1v) is 8.66. The maximum Gasteiger partial charge on any atom is 0.243 e. The number of unbranched alkanes of at least 4 members (excludes halogenated alkanes) is 2. The van der Waals surface area contributed by atoms with E-state index in [0.717, 1.165) is 24.9 Å². The molecule has 0 radical (unpaired) electrons. The van der Waals surface area contributed by atoms with Crippen molar-refractivity contribution in [1.29, 1.82) is 0 Å². The molecular formula is C20H25N3O2. The Bertz CT molecular complexity index is 686. The molecule has 0 saturated carbocycles. The molecule has 0 aliphatic heterocycles. The quantitative estimate of drug-likeness (QED) is 0.598. The minimum atomic E-state index is -0.143. The Morgan fingerprint density at radius 2 is 1.44 bits per heavy atom. The lowest BCUT2D eigenvalue weighted by Crippen LogP contribution is -2.21. The van der Waals surface area contributed by atoms with E-state index < -0.39 is 0 Å². The third kappa shape index (κ3) is 7.08. The van der Waals surface area contributed by atoms with Gasteiger partial charge < -0.3 is 16.0 Å². The van der Waals surface area contributed by atoms with Gasteiger partial charge in [0.05, 0.1) is 6.54 Å². The second-order valence-corrected chi connectivity index (χ2v) is 5.85. The molecule has 0 bridgehead atoms. The third-order valence-corrected chi connectivity index (χ3v) is 3.66. The first kappa shape index (κ1) is 18.5. The van der Waals surface area contributed by atoms with Crippen molar-refractivity contribution in [2.24, 2.45) is 0 Å². The summed E-state index contributed by atoms with van der Waals surface area (Å²) < 4.78 is 0. The van der Waals surface area contributed by atoms with E-state index in [1.165, 1.54) is 0 Å². The molecule has 0 heterocycles. The van der Waals surface area contributed by atoms with Gasteiger partial charge in [0.1, 0.15) is 0 Å². The van der Waals surface area contributed by atoms with E-state index in [1.54, 1.807) is 12.1 Å². The Labute approximate surface area is 148 Å². The molecule has 0 aromatic heterocycles. The summed E-state index contributed by atoms with van der Waals surface area (Å²) in [7, 11) is 0. The Balaban J connectivity index is 1.81. The monoisotopic (exact) mass is 339 g/mol. The average Bonchev–Trinajstić information content (AvgIpc) is 2.61. The Morgan fingerprint density at radius 1 is 0.800 bits per heavy atom. The van der Waals surface area contributed by atoms with Crippen LogP contribution in [0.2, 0.25) is 0 Å². The van der Waals surface area contributed by atoms with Gasteiger partial charge in [-0.25, -0.2) is 0 Å². The fourth-order valence-corrected chi connectivity index (χ4v) is 2.38. The van der Waals surface area contributed by atoms with E-state index in [-0.39, 0.29) is 18.4 Å². The number of anilines is 3. The fraction of sp³-hybridized carbons (Fsp3) is 0.300. The van der Waals surface area contributed by atoms with Crippen LogP contribution in [0.5, 0.6) is 0 Å². The number of hydrogen-bond donors (Lipinski definition) is 3. The van der Waals surface area contributed by atoms with Crippen LogP contribution in [0.3, 0.4) is 0 Å². The molecule has 132 valence electrons. The van der Waals surface area contributed by atoms with Crippen molar-refractivity contribution in [2.45, 2.75) is 32.6 Å². The lowest BCUT2D eigenvalue weighted by Gasteiger charge is -2.10. The lowest BCUT2D eigenvalue weighted by atomic mass is 10.2. The van der Waals surface area contributed by atoms with E-state index in [2.05, 4.69) is 22.9 Å². The van der Waals surface area contributed by atoms with Gasteiger partial charge >= 0.3 is 0 Å². The van der Waals surface area contributed by atoms with Crippen molar-refractivity contribution in [2.75, 3.05) is 22.5 Å². The highest BCUT2D eigenvalue weighted by molar-refractivity contribution is 5.95. The van der Waals surface area contributed by atoms with Crippen LogP contribution in [0.15, 0.2) is 54.6 Å². The highest BCUT2D eigenvalue weighted by atomic mass is 16.2. The zero-order valence-electron chi connectivity index (χ0n) is 14.5. The summed E-state index contributed by atoms with van der Waals surface area (Å²) in [5.41, 5.74) is 2.24. The number of benzene rings is 2. The molecule has 0 atom stereocenters. The van der Waals surface area contributed by atoms with Crippen molar-refractivity contribution < 1.29 is 9.59 Å².